The van der Waals surface area contributed by atoms with Crippen molar-refractivity contribution in [3.05, 3.63) is 83.1 Å². The van der Waals surface area contributed by atoms with Gasteiger partial charge in [-0.2, -0.15) is 4.39 Å². The van der Waals surface area contributed by atoms with Gasteiger partial charge in [-0.25, -0.2) is 19.0 Å². The molecule has 4 rings (SSSR count). The summed E-state index contributed by atoms with van der Waals surface area (Å²) in [7, 11) is -3.12. The second-order valence-electron chi connectivity index (χ2n) is 7.53. The summed E-state index contributed by atoms with van der Waals surface area (Å²) in [5.74, 6) is -1.26. The topological polar surface area (TPSA) is 123 Å². The number of carbonyl (C=O) groups excluding carboxylic acids is 1. The molecule has 9 heteroatoms. The number of fused-ring (bicyclic) bond motifs is 1. The molecule has 4 aromatic rings. The van der Waals surface area contributed by atoms with Gasteiger partial charge in [0.05, 0.1) is 31.5 Å². The molecule has 0 aliphatic carbocycles. The number of aromatic nitrogens is 3. The monoisotopic (exact) mass is 449 g/mol. The van der Waals surface area contributed by atoms with Crippen molar-refractivity contribution in [1.82, 2.24) is 15.0 Å². The van der Waals surface area contributed by atoms with Crippen LogP contribution in [0.3, 0.4) is 0 Å². The van der Waals surface area contributed by atoms with E-state index in [4.69, 9.17) is 10.5 Å². The number of nitrogens with two attached hydrogens (primary N) is 1. The number of hydrogen-bond donors (Lipinski definition) is 2. The third kappa shape index (κ3) is 4.19. The summed E-state index contributed by atoms with van der Waals surface area (Å²) < 4.78 is 34.3. The summed E-state index contributed by atoms with van der Waals surface area (Å²) in [6, 6.07) is 13.0. The van der Waals surface area contributed by atoms with Gasteiger partial charge < -0.3 is 5.73 Å². The Kier molecular flexibility index (Phi) is 5.43. The summed E-state index contributed by atoms with van der Waals surface area (Å²) in [4.78, 5) is 25.2. The predicted molar refractivity (Wildman–Crippen MR) is 120 cm³/mol. The van der Waals surface area contributed by atoms with E-state index in [-0.39, 0.29) is 12.0 Å². The maximum Gasteiger partial charge on any atom is 0.249 e. The van der Waals surface area contributed by atoms with Gasteiger partial charge in [0.2, 0.25) is 11.9 Å². The molecule has 3 heterocycles. The maximum atomic E-state index is 13.5. The summed E-state index contributed by atoms with van der Waals surface area (Å²) in [6.45, 7) is 1.74. The van der Waals surface area contributed by atoms with E-state index < -0.39 is 21.6 Å². The summed E-state index contributed by atoms with van der Waals surface area (Å²) in [5.41, 5.74) is 8.91. The number of aryl methyl sites for hydroxylation is 1. The van der Waals surface area contributed by atoms with Gasteiger partial charge in [0.1, 0.15) is 0 Å². The highest BCUT2D eigenvalue weighted by Gasteiger charge is 2.21. The fourth-order valence-corrected chi connectivity index (χ4v) is 5.06. The van der Waals surface area contributed by atoms with Gasteiger partial charge in [-0.15, -0.1) is 0 Å². The van der Waals surface area contributed by atoms with Crippen molar-refractivity contribution in [2.75, 3.05) is 6.26 Å². The maximum absolute atomic E-state index is 13.5. The highest BCUT2D eigenvalue weighted by atomic mass is 32.2. The van der Waals surface area contributed by atoms with Crippen molar-refractivity contribution >= 4 is 26.5 Å². The van der Waals surface area contributed by atoms with E-state index in [1.54, 1.807) is 49.5 Å². The molecule has 0 spiro atoms. The highest BCUT2D eigenvalue weighted by molar-refractivity contribution is 7.91. The molecule has 0 bridgehead atoms. The van der Waals surface area contributed by atoms with Crippen LogP contribution in [0.5, 0.6) is 0 Å². The quantitative estimate of drug-likeness (QED) is 0.448. The van der Waals surface area contributed by atoms with E-state index in [9.17, 15) is 13.4 Å². The number of benzene rings is 1. The van der Waals surface area contributed by atoms with Crippen LogP contribution in [0.15, 0.2) is 59.6 Å². The van der Waals surface area contributed by atoms with Crippen LogP contribution in [0, 0.1) is 17.7 Å². The molecule has 3 aromatic heterocycles. The number of hydrogen-bond acceptors (Lipinski definition) is 6. The van der Waals surface area contributed by atoms with E-state index in [1.807, 2.05) is 6.07 Å². The molecule has 3 N–H and O–H groups in total. The summed E-state index contributed by atoms with van der Waals surface area (Å²) in [5, 5.41) is 0.772. The van der Waals surface area contributed by atoms with Crippen LogP contribution >= 0.6 is 0 Å². The molecular weight excluding hydrogens is 429 g/mol. The number of pyridine rings is 3. The van der Waals surface area contributed by atoms with E-state index in [0.717, 1.165) is 5.39 Å². The smallest absolute Gasteiger partial charge is 0.249 e. The van der Waals surface area contributed by atoms with E-state index in [2.05, 4.69) is 15.0 Å². The third-order valence-corrected chi connectivity index (χ3v) is 6.43. The number of rotatable bonds is 5. The lowest BCUT2D eigenvalue weighted by atomic mass is 9.99. The minimum Gasteiger partial charge on any atom is -0.366 e. The lowest BCUT2D eigenvalue weighted by Gasteiger charge is -2.16. The van der Waals surface area contributed by atoms with Gasteiger partial charge in [-0.05, 0) is 54.4 Å². The van der Waals surface area contributed by atoms with Crippen LogP contribution in [0.2, 0.25) is 0 Å². The molecule has 0 aliphatic rings. The average molecular weight is 450 g/mol. The SMILES string of the molecule is Cc1ccc(C(N)=O)c(Cc2cc3nc(-c4cccc(F)n4)ccc3cn2)c1S(C)(=N)=O. The number of carbonyl (C=O) groups is 1. The van der Waals surface area contributed by atoms with E-state index in [0.29, 0.717) is 38.6 Å². The fraction of sp³-hybridized carbons (Fsp3) is 0.130. The minimum absolute atomic E-state index is 0.152. The van der Waals surface area contributed by atoms with E-state index in [1.165, 1.54) is 12.3 Å². The van der Waals surface area contributed by atoms with Crippen molar-refractivity contribution in [2.45, 2.75) is 18.2 Å². The fourth-order valence-electron chi connectivity index (χ4n) is 3.72. The molecule has 0 saturated carbocycles. The average Bonchev–Trinajstić information content (AvgIpc) is 2.72. The van der Waals surface area contributed by atoms with Gasteiger partial charge in [0.15, 0.2) is 0 Å². The molecule has 1 amide bonds. The molecule has 0 aliphatic heterocycles. The normalized spacial score (nSPS) is 13.1. The van der Waals surface area contributed by atoms with Crippen molar-refractivity contribution in [3.8, 4) is 11.4 Å². The van der Waals surface area contributed by atoms with Crippen LogP contribution in [-0.4, -0.2) is 31.3 Å². The molecule has 7 nitrogen and oxygen atoms in total. The first kappa shape index (κ1) is 21.5. The standard InChI is InChI=1S/C23H20FN5O2S/c1-13-6-8-16(23(25)30)17(22(13)32(2,26)31)10-15-11-20-14(12-27-15)7-9-19(28-20)18-4-3-5-21(24)29-18/h3-9,11-12,26H,10H2,1-2H3,(H2,25,30). The second kappa shape index (κ2) is 8.08. The molecule has 162 valence electrons. The molecule has 0 radical (unpaired) electrons. The van der Waals surface area contributed by atoms with Crippen LogP contribution in [0.25, 0.3) is 22.3 Å². The molecule has 1 unspecified atom stereocenters. The van der Waals surface area contributed by atoms with Gasteiger partial charge >= 0.3 is 0 Å². The molecule has 1 aromatic carbocycles. The zero-order chi connectivity index (χ0) is 23.0. The Morgan fingerprint density at radius 2 is 1.88 bits per heavy atom. The molecule has 0 saturated heterocycles. The number of primary amides is 1. The van der Waals surface area contributed by atoms with Gasteiger partial charge in [0, 0.05) is 35.5 Å². The second-order valence-corrected chi connectivity index (χ2v) is 9.63. The zero-order valence-electron chi connectivity index (χ0n) is 17.4. The molecule has 1 atom stereocenters. The van der Waals surface area contributed by atoms with Crippen LogP contribution in [0.4, 0.5) is 4.39 Å². The highest BCUT2D eigenvalue weighted by Crippen LogP contribution is 2.28. The molecule has 32 heavy (non-hydrogen) atoms. The molecule has 0 fully saturated rings. The lowest BCUT2D eigenvalue weighted by Crippen LogP contribution is -2.17. The largest absolute Gasteiger partial charge is 0.366 e. The van der Waals surface area contributed by atoms with Crippen molar-refractivity contribution < 1.29 is 13.4 Å². The Balaban J connectivity index is 1.83. The van der Waals surface area contributed by atoms with Crippen molar-refractivity contribution in [3.63, 3.8) is 0 Å². The van der Waals surface area contributed by atoms with Crippen LogP contribution < -0.4 is 5.73 Å². The zero-order valence-corrected chi connectivity index (χ0v) is 18.2. The van der Waals surface area contributed by atoms with Gasteiger partial charge in [-0.3, -0.25) is 9.78 Å². The number of nitrogens with zero attached hydrogens (tertiary/aromatic N) is 3. The summed E-state index contributed by atoms with van der Waals surface area (Å²) >= 11 is 0. The Morgan fingerprint density at radius 3 is 2.56 bits per heavy atom. The Morgan fingerprint density at radius 1 is 1.12 bits per heavy atom. The van der Waals surface area contributed by atoms with E-state index >= 15 is 0 Å². The van der Waals surface area contributed by atoms with Crippen molar-refractivity contribution in [1.29, 1.82) is 4.78 Å². The third-order valence-electron chi connectivity index (χ3n) is 5.08. The first-order chi connectivity index (χ1) is 15.1. The van der Waals surface area contributed by atoms with Gasteiger partial charge in [0.25, 0.3) is 0 Å². The first-order valence-corrected chi connectivity index (χ1v) is 11.6. The number of halogens is 1. The number of amides is 1. The van der Waals surface area contributed by atoms with Crippen LogP contribution in [-0.2, 0) is 16.1 Å². The first-order valence-electron chi connectivity index (χ1n) is 9.68. The number of nitrogens with one attached hydrogen (secondary N) is 1. The predicted octanol–water partition coefficient (Wildman–Crippen LogP) is 3.86. The van der Waals surface area contributed by atoms with Crippen LogP contribution in [0.1, 0.15) is 27.2 Å². The Hall–Kier alpha value is -3.72. The Labute approximate surface area is 184 Å². The summed E-state index contributed by atoms with van der Waals surface area (Å²) in [6.07, 6.45) is 3.11. The Bertz CT molecular complexity index is 1490. The van der Waals surface area contributed by atoms with Gasteiger partial charge in [-0.1, -0.05) is 12.1 Å². The molecular formula is C23H20FN5O2S. The van der Waals surface area contributed by atoms with Crippen molar-refractivity contribution in [2.24, 2.45) is 5.73 Å². The minimum atomic E-state index is -3.12. The lowest BCUT2D eigenvalue weighted by molar-refractivity contribution is 0.0999.